The van der Waals surface area contributed by atoms with E-state index >= 15 is 0 Å². The second-order valence-electron chi connectivity index (χ2n) is 4.39. The third-order valence-corrected chi connectivity index (χ3v) is 3.99. The number of likely N-dealkylation sites (N-methyl/N-ethyl adjacent to an activating group) is 1. The smallest absolute Gasteiger partial charge is 0.244 e. The van der Waals surface area contributed by atoms with Crippen LogP contribution in [-0.4, -0.2) is 39.4 Å². The number of hydrogen-bond acceptors (Lipinski definition) is 4. The van der Waals surface area contributed by atoms with Gasteiger partial charge in [-0.05, 0) is 19.1 Å². The third-order valence-electron chi connectivity index (χ3n) is 2.45. The number of carbonyl (C=O) groups excluding carboxylic acids is 1. The van der Waals surface area contributed by atoms with Crippen molar-refractivity contribution in [2.24, 2.45) is 0 Å². The average Bonchev–Trinajstić information content (AvgIpc) is 2.31. The highest BCUT2D eigenvalue weighted by Crippen LogP contribution is 2.21. The van der Waals surface area contributed by atoms with Crippen LogP contribution in [0.25, 0.3) is 0 Å². The lowest BCUT2D eigenvalue weighted by Crippen LogP contribution is -2.44. The zero-order chi connectivity index (χ0) is 15.7. The third kappa shape index (κ3) is 3.42. The number of nitrogens with zero attached hydrogens (tertiary/aromatic N) is 1. The molecule has 0 aliphatic rings. The molecule has 0 aliphatic heterocycles. The minimum Gasteiger partial charge on any atom is -0.399 e. The lowest BCUT2D eigenvalue weighted by molar-refractivity contribution is -0.130. The molecule has 112 valence electrons. The van der Waals surface area contributed by atoms with Gasteiger partial charge in [0.05, 0.1) is 6.04 Å². The number of hydrogen-bond donors (Lipinski definition) is 2. The van der Waals surface area contributed by atoms with E-state index in [9.17, 15) is 22.0 Å². The van der Waals surface area contributed by atoms with Crippen molar-refractivity contribution >= 4 is 21.6 Å². The first-order chi connectivity index (χ1) is 9.06. The quantitative estimate of drug-likeness (QED) is 0.783. The van der Waals surface area contributed by atoms with Crippen molar-refractivity contribution < 1.29 is 22.0 Å². The van der Waals surface area contributed by atoms with Gasteiger partial charge >= 0.3 is 0 Å². The van der Waals surface area contributed by atoms with E-state index in [1.807, 2.05) is 4.72 Å². The molecule has 0 saturated heterocycles. The van der Waals surface area contributed by atoms with Crippen LogP contribution in [0.4, 0.5) is 14.5 Å². The summed E-state index contributed by atoms with van der Waals surface area (Å²) in [6.45, 7) is 1.29. The Morgan fingerprint density at radius 1 is 1.35 bits per heavy atom. The van der Waals surface area contributed by atoms with Gasteiger partial charge in [-0.25, -0.2) is 17.2 Å². The lowest BCUT2D eigenvalue weighted by atomic mass is 10.3. The molecule has 0 fully saturated rings. The highest BCUT2D eigenvalue weighted by molar-refractivity contribution is 7.89. The molecule has 0 aromatic heterocycles. The van der Waals surface area contributed by atoms with E-state index in [4.69, 9.17) is 5.73 Å². The molecule has 20 heavy (non-hydrogen) atoms. The van der Waals surface area contributed by atoms with Gasteiger partial charge in [0.15, 0.2) is 11.6 Å². The number of sulfonamides is 1. The standard InChI is InChI=1S/C11H15F2N3O3S/c1-6(11(17)16(2)3)15-20(18,19)9-5-7(14)4-8(12)10(9)13/h4-6,15H,14H2,1-3H3. The Hall–Kier alpha value is -1.74. The lowest BCUT2D eigenvalue weighted by Gasteiger charge is -2.18. The molecule has 1 aromatic carbocycles. The molecule has 1 aromatic rings. The number of carbonyl (C=O) groups is 1. The second-order valence-corrected chi connectivity index (χ2v) is 6.07. The van der Waals surface area contributed by atoms with E-state index in [2.05, 4.69) is 0 Å². The summed E-state index contributed by atoms with van der Waals surface area (Å²) in [7, 11) is -1.53. The fourth-order valence-corrected chi connectivity index (χ4v) is 2.83. The number of benzene rings is 1. The molecule has 0 aliphatic carbocycles. The van der Waals surface area contributed by atoms with Crippen LogP contribution >= 0.6 is 0 Å². The Morgan fingerprint density at radius 3 is 2.40 bits per heavy atom. The molecular formula is C11H15F2N3O3S. The van der Waals surface area contributed by atoms with Crippen molar-refractivity contribution in [2.75, 3.05) is 19.8 Å². The van der Waals surface area contributed by atoms with E-state index in [0.29, 0.717) is 6.07 Å². The number of nitrogens with one attached hydrogen (secondary N) is 1. The van der Waals surface area contributed by atoms with Crippen molar-refractivity contribution in [1.82, 2.24) is 9.62 Å². The first-order valence-electron chi connectivity index (χ1n) is 5.54. The van der Waals surface area contributed by atoms with Crippen molar-refractivity contribution in [3.05, 3.63) is 23.8 Å². The Balaban J connectivity index is 3.16. The molecule has 0 heterocycles. The first kappa shape index (κ1) is 16.3. The van der Waals surface area contributed by atoms with Crippen molar-refractivity contribution in [3.8, 4) is 0 Å². The largest absolute Gasteiger partial charge is 0.399 e. The summed E-state index contributed by atoms with van der Waals surface area (Å²) in [5, 5.41) is 0. The zero-order valence-electron chi connectivity index (χ0n) is 11.1. The van der Waals surface area contributed by atoms with E-state index in [0.717, 1.165) is 6.07 Å². The summed E-state index contributed by atoms with van der Waals surface area (Å²) in [5.41, 5.74) is 5.05. The fraction of sp³-hybridized carbons (Fsp3) is 0.364. The maximum absolute atomic E-state index is 13.5. The maximum Gasteiger partial charge on any atom is 0.244 e. The summed E-state index contributed by atoms with van der Waals surface area (Å²) in [5.74, 6) is -3.45. The normalized spacial score (nSPS) is 13.1. The van der Waals surface area contributed by atoms with Gasteiger partial charge in [0.1, 0.15) is 4.90 Å². The van der Waals surface area contributed by atoms with Gasteiger partial charge in [-0.1, -0.05) is 0 Å². The highest BCUT2D eigenvalue weighted by atomic mass is 32.2. The predicted octanol–water partition coefficient (Wildman–Crippen LogP) is 0.302. The van der Waals surface area contributed by atoms with E-state index < -0.39 is 38.5 Å². The van der Waals surface area contributed by atoms with Crippen molar-refractivity contribution in [1.29, 1.82) is 0 Å². The molecule has 0 bridgehead atoms. The van der Waals surface area contributed by atoms with Crippen LogP contribution in [0, 0.1) is 11.6 Å². The van der Waals surface area contributed by atoms with Gasteiger partial charge in [-0.15, -0.1) is 0 Å². The number of nitrogen functional groups attached to an aromatic ring is 1. The average molecular weight is 307 g/mol. The molecule has 1 amide bonds. The van der Waals surface area contributed by atoms with Crippen molar-refractivity contribution in [3.63, 3.8) is 0 Å². The summed E-state index contributed by atoms with van der Waals surface area (Å²) in [6.07, 6.45) is 0. The topological polar surface area (TPSA) is 92.5 Å². The van der Waals surface area contributed by atoms with Crippen LogP contribution in [0.15, 0.2) is 17.0 Å². The molecule has 1 unspecified atom stereocenters. The number of rotatable bonds is 4. The minimum atomic E-state index is -4.41. The van der Waals surface area contributed by atoms with Gasteiger partial charge < -0.3 is 10.6 Å². The van der Waals surface area contributed by atoms with Crippen LogP contribution in [0.1, 0.15) is 6.92 Å². The van der Waals surface area contributed by atoms with Gasteiger partial charge in [0.2, 0.25) is 15.9 Å². The molecule has 1 rings (SSSR count). The molecule has 0 radical (unpaired) electrons. The minimum absolute atomic E-state index is 0.240. The molecule has 1 atom stereocenters. The Kier molecular flexibility index (Phi) is 4.66. The number of anilines is 1. The summed E-state index contributed by atoms with van der Waals surface area (Å²) in [6, 6.07) is 0.329. The van der Waals surface area contributed by atoms with Crippen LogP contribution in [0.5, 0.6) is 0 Å². The Labute approximate surface area is 115 Å². The Bertz CT molecular complexity index is 632. The molecule has 0 saturated carbocycles. The summed E-state index contributed by atoms with van der Waals surface area (Å²) < 4.78 is 52.6. The molecule has 3 N–H and O–H groups in total. The van der Waals surface area contributed by atoms with Crippen LogP contribution < -0.4 is 10.5 Å². The monoisotopic (exact) mass is 307 g/mol. The number of halogens is 2. The maximum atomic E-state index is 13.5. The van der Waals surface area contributed by atoms with Gasteiger partial charge in [0.25, 0.3) is 0 Å². The SMILES string of the molecule is CC(NS(=O)(=O)c1cc(N)cc(F)c1F)C(=O)N(C)C. The second kappa shape index (κ2) is 5.71. The predicted molar refractivity (Wildman–Crippen MR) is 69.2 cm³/mol. The Morgan fingerprint density at radius 2 is 1.90 bits per heavy atom. The molecule has 0 spiro atoms. The van der Waals surface area contributed by atoms with Crippen molar-refractivity contribution in [2.45, 2.75) is 17.9 Å². The number of nitrogens with two attached hydrogens (primary N) is 1. The van der Waals surface area contributed by atoms with Gasteiger partial charge in [0, 0.05) is 19.8 Å². The summed E-state index contributed by atoms with van der Waals surface area (Å²) >= 11 is 0. The van der Waals surface area contributed by atoms with E-state index in [1.54, 1.807) is 0 Å². The van der Waals surface area contributed by atoms with Crippen LogP contribution in [0.3, 0.4) is 0 Å². The van der Waals surface area contributed by atoms with Crippen LogP contribution in [0.2, 0.25) is 0 Å². The molecule has 9 heteroatoms. The molecule has 6 nitrogen and oxygen atoms in total. The number of amides is 1. The highest BCUT2D eigenvalue weighted by Gasteiger charge is 2.27. The molecular weight excluding hydrogens is 292 g/mol. The van der Waals surface area contributed by atoms with E-state index in [-0.39, 0.29) is 5.69 Å². The van der Waals surface area contributed by atoms with E-state index in [1.165, 1.54) is 25.9 Å². The first-order valence-corrected chi connectivity index (χ1v) is 7.02. The fourth-order valence-electron chi connectivity index (χ4n) is 1.51. The van der Waals surface area contributed by atoms with Gasteiger partial charge in [-0.2, -0.15) is 4.72 Å². The van der Waals surface area contributed by atoms with Crippen LogP contribution in [-0.2, 0) is 14.8 Å². The zero-order valence-corrected chi connectivity index (χ0v) is 12.0. The summed E-state index contributed by atoms with van der Waals surface area (Å²) in [4.78, 5) is 11.8. The van der Waals surface area contributed by atoms with Gasteiger partial charge in [-0.3, -0.25) is 4.79 Å².